The molecule has 1 amide bonds. The van der Waals surface area contributed by atoms with Gasteiger partial charge in [-0.3, -0.25) is 10.1 Å². The molecule has 0 aliphatic heterocycles. The topological polar surface area (TPSA) is 60.5 Å². The minimum absolute atomic E-state index is 0.204. The maximum absolute atomic E-state index is 12.1. The minimum Gasteiger partial charge on any atom is -0.468 e. The molecule has 1 N–H and O–H groups in total. The zero-order valence-corrected chi connectivity index (χ0v) is 16.0. The number of hydrogen-bond acceptors (Lipinski definition) is 5. The molecule has 0 atom stereocenters. The molecule has 2 aromatic carbocycles. The zero-order chi connectivity index (χ0) is 19.1. The molecule has 0 radical (unpaired) electrons. The highest BCUT2D eigenvalue weighted by molar-refractivity contribution is 7.14. The highest BCUT2D eigenvalue weighted by Crippen LogP contribution is 2.25. The number of anilines is 1. The molecule has 5 nitrogen and oxygen atoms in total. The molecule has 0 aliphatic carbocycles. The number of aryl methyl sites for hydroxylation is 1. The van der Waals surface area contributed by atoms with Gasteiger partial charge in [0.2, 0.25) is 5.91 Å². The van der Waals surface area contributed by atoms with Crippen LogP contribution in [0.1, 0.15) is 11.1 Å². The monoisotopic (exact) mass is 380 g/mol. The normalized spacial score (nSPS) is 10.9. The van der Waals surface area contributed by atoms with Crippen LogP contribution in [-0.2, 0) is 9.53 Å². The molecule has 0 fully saturated rings. The molecular weight excluding hydrogens is 360 g/mol. The van der Waals surface area contributed by atoms with Crippen LogP contribution in [0.5, 0.6) is 5.75 Å². The van der Waals surface area contributed by atoms with Gasteiger partial charge in [0.1, 0.15) is 5.75 Å². The Morgan fingerprint density at radius 2 is 1.89 bits per heavy atom. The van der Waals surface area contributed by atoms with Crippen molar-refractivity contribution in [2.75, 3.05) is 19.2 Å². The lowest BCUT2D eigenvalue weighted by molar-refractivity contribution is -0.111. The summed E-state index contributed by atoms with van der Waals surface area (Å²) in [6.07, 6.45) is 3.22. The van der Waals surface area contributed by atoms with Gasteiger partial charge in [0.25, 0.3) is 0 Å². The quantitative estimate of drug-likeness (QED) is 0.474. The third-order valence-corrected chi connectivity index (χ3v) is 4.49. The van der Waals surface area contributed by atoms with Gasteiger partial charge in [0, 0.05) is 24.1 Å². The predicted octanol–water partition coefficient (Wildman–Crippen LogP) is 4.75. The van der Waals surface area contributed by atoms with Crippen LogP contribution >= 0.6 is 11.3 Å². The van der Waals surface area contributed by atoms with Crippen LogP contribution < -0.4 is 10.1 Å². The van der Waals surface area contributed by atoms with Crippen LogP contribution in [0.3, 0.4) is 0 Å². The summed E-state index contributed by atoms with van der Waals surface area (Å²) < 4.78 is 10.2. The first kappa shape index (κ1) is 18.8. The Balaban J connectivity index is 1.57. The van der Waals surface area contributed by atoms with Crippen LogP contribution in [0.25, 0.3) is 17.3 Å². The number of nitrogens with zero attached hydrogens (tertiary/aromatic N) is 1. The average molecular weight is 380 g/mol. The van der Waals surface area contributed by atoms with Crippen molar-refractivity contribution >= 4 is 28.5 Å². The van der Waals surface area contributed by atoms with E-state index in [2.05, 4.69) is 10.3 Å². The van der Waals surface area contributed by atoms with Crippen LogP contribution in [-0.4, -0.2) is 24.8 Å². The molecule has 0 unspecified atom stereocenters. The molecule has 6 heteroatoms. The summed E-state index contributed by atoms with van der Waals surface area (Å²) in [5, 5.41) is 5.30. The van der Waals surface area contributed by atoms with Crippen molar-refractivity contribution in [2.24, 2.45) is 0 Å². The van der Waals surface area contributed by atoms with E-state index in [1.54, 1.807) is 13.2 Å². The summed E-state index contributed by atoms with van der Waals surface area (Å²) in [5.41, 5.74) is 3.98. The first-order valence-corrected chi connectivity index (χ1v) is 9.25. The maximum Gasteiger partial charge on any atom is 0.250 e. The van der Waals surface area contributed by atoms with E-state index in [4.69, 9.17) is 9.47 Å². The van der Waals surface area contributed by atoms with Crippen LogP contribution in [0, 0.1) is 6.92 Å². The second kappa shape index (κ2) is 9.12. The van der Waals surface area contributed by atoms with E-state index in [9.17, 15) is 4.79 Å². The smallest absolute Gasteiger partial charge is 0.250 e. The zero-order valence-electron chi connectivity index (χ0n) is 15.1. The molecule has 1 heterocycles. The van der Waals surface area contributed by atoms with Gasteiger partial charge in [0.05, 0.1) is 5.69 Å². The van der Waals surface area contributed by atoms with Gasteiger partial charge >= 0.3 is 0 Å². The van der Waals surface area contributed by atoms with Crippen molar-refractivity contribution < 1.29 is 14.3 Å². The van der Waals surface area contributed by atoms with Gasteiger partial charge in [-0.2, -0.15) is 0 Å². The van der Waals surface area contributed by atoms with Crippen molar-refractivity contribution in [3.63, 3.8) is 0 Å². The fourth-order valence-electron chi connectivity index (χ4n) is 2.31. The molecule has 3 rings (SSSR count). The molecule has 0 spiro atoms. The summed E-state index contributed by atoms with van der Waals surface area (Å²) in [7, 11) is 1.57. The number of thiazole rings is 1. The molecule has 1 aromatic heterocycles. The van der Waals surface area contributed by atoms with Gasteiger partial charge in [0.15, 0.2) is 11.9 Å². The Morgan fingerprint density at radius 3 is 2.59 bits per heavy atom. The van der Waals surface area contributed by atoms with Crippen molar-refractivity contribution in [3.8, 4) is 17.0 Å². The van der Waals surface area contributed by atoms with Crippen molar-refractivity contribution in [1.29, 1.82) is 0 Å². The number of carbonyl (C=O) groups is 1. The number of benzene rings is 2. The van der Waals surface area contributed by atoms with Crippen molar-refractivity contribution in [1.82, 2.24) is 4.98 Å². The van der Waals surface area contributed by atoms with Gasteiger partial charge in [-0.1, -0.05) is 42.0 Å². The van der Waals surface area contributed by atoms with E-state index in [0.29, 0.717) is 10.9 Å². The average Bonchev–Trinajstić information content (AvgIpc) is 3.14. The van der Waals surface area contributed by atoms with E-state index in [-0.39, 0.29) is 12.7 Å². The summed E-state index contributed by atoms with van der Waals surface area (Å²) in [6, 6.07) is 15.5. The molecule has 27 heavy (non-hydrogen) atoms. The second-order valence-electron chi connectivity index (χ2n) is 5.85. The summed E-state index contributed by atoms with van der Waals surface area (Å²) in [4.78, 5) is 16.6. The van der Waals surface area contributed by atoms with Crippen LogP contribution in [0.4, 0.5) is 5.13 Å². The molecule has 0 saturated carbocycles. The fourth-order valence-corrected chi connectivity index (χ4v) is 3.03. The van der Waals surface area contributed by atoms with E-state index in [1.807, 2.05) is 60.8 Å². The van der Waals surface area contributed by atoms with E-state index in [0.717, 1.165) is 16.8 Å². The SMILES string of the molecule is COCOc1ccc(/C=C/C(=O)Nc2nc(-c3ccc(C)cc3)cs2)cc1. The molecular formula is C21H20N2O3S. The lowest BCUT2D eigenvalue weighted by Gasteiger charge is -2.04. The number of amides is 1. The Kier molecular flexibility index (Phi) is 6.35. The highest BCUT2D eigenvalue weighted by atomic mass is 32.1. The number of rotatable bonds is 7. The Bertz CT molecular complexity index is 915. The van der Waals surface area contributed by atoms with E-state index in [1.165, 1.54) is 23.0 Å². The van der Waals surface area contributed by atoms with Crippen LogP contribution in [0.2, 0.25) is 0 Å². The number of aromatic nitrogens is 1. The van der Waals surface area contributed by atoms with Crippen molar-refractivity contribution in [3.05, 3.63) is 71.1 Å². The molecule has 0 bridgehead atoms. The number of carbonyl (C=O) groups excluding carboxylic acids is 1. The van der Waals surface area contributed by atoms with Crippen LogP contribution in [0.15, 0.2) is 60.0 Å². The van der Waals surface area contributed by atoms with Gasteiger partial charge in [-0.25, -0.2) is 4.98 Å². The molecule has 0 aliphatic rings. The molecule has 0 saturated heterocycles. The number of hydrogen-bond donors (Lipinski definition) is 1. The minimum atomic E-state index is -0.223. The van der Waals surface area contributed by atoms with Gasteiger partial charge in [-0.15, -0.1) is 11.3 Å². The Hall–Kier alpha value is -2.96. The summed E-state index contributed by atoms with van der Waals surface area (Å²) >= 11 is 1.40. The largest absolute Gasteiger partial charge is 0.468 e. The predicted molar refractivity (Wildman–Crippen MR) is 109 cm³/mol. The summed E-state index contributed by atoms with van der Waals surface area (Å²) in [6.45, 7) is 2.25. The molecule has 3 aromatic rings. The van der Waals surface area contributed by atoms with E-state index >= 15 is 0 Å². The lowest BCUT2D eigenvalue weighted by Crippen LogP contribution is -2.07. The number of nitrogens with one attached hydrogen (secondary N) is 1. The third-order valence-electron chi connectivity index (χ3n) is 3.73. The standard InChI is InChI=1S/C21H20N2O3S/c1-15-3-8-17(9-4-15)19-13-27-21(22-19)23-20(24)12-7-16-5-10-18(11-6-16)26-14-25-2/h3-13H,14H2,1-2H3,(H,22,23,24)/b12-7+. The molecule has 138 valence electrons. The third kappa shape index (κ3) is 5.51. The Morgan fingerprint density at radius 1 is 1.15 bits per heavy atom. The van der Waals surface area contributed by atoms with Gasteiger partial charge < -0.3 is 9.47 Å². The first-order chi connectivity index (χ1) is 13.1. The number of ether oxygens (including phenoxy) is 2. The highest BCUT2D eigenvalue weighted by Gasteiger charge is 2.06. The Labute approximate surface area is 162 Å². The lowest BCUT2D eigenvalue weighted by atomic mass is 10.1. The maximum atomic E-state index is 12.1. The van der Waals surface area contributed by atoms with Crippen molar-refractivity contribution in [2.45, 2.75) is 6.92 Å². The first-order valence-electron chi connectivity index (χ1n) is 8.37. The second-order valence-corrected chi connectivity index (χ2v) is 6.70. The number of methoxy groups -OCH3 is 1. The fraction of sp³-hybridized carbons (Fsp3) is 0.143. The van der Waals surface area contributed by atoms with E-state index < -0.39 is 0 Å². The van der Waals surface area contributed by atoms with Gasteiger partial charge in [-0.05, 0) is 30.7 Å². The summed E-state index contributed by atoms with van der Waals surface area (Å²) in [5.74, 6) is 0.490.